The molecule has 0 aromatic heterocycles. The Kier molecular flexibility index (Phi) is 1.71. The SMILES string of the molecule is O=C1N=c2cc3ccccc3cc2=NC1=O. The highest BCUT2D eigenvalue weighted by atomic mass is 16.2. The van der Waals surface area contributed by atoms with Crippen molar-refractivity contribution in [2.45, 2.75) is 0 Å². The molecule has 2 aromatic rings. The van der Waals surface area contributed by atoms with E-state index in [0.717, 1.165) is 10.8 Å². The van der Waals surface area contributed by atoms with Gasteiger partial charge in [-0.2, -0.15) is 0 Å². The van der Waals surface area contributed by atoms with Gasteiger partial charge in [-0.15, -0.1) is 0 Å². The van der Waals surface area contributed by atoms with Gasteiger partial charge in [-0.05, 0) is 22.9 Å². The number of hydrogen-bond acceptors (Lipinski definition) is 2. The van der Waals surface area contributed by atoms with Crippen molar-refractivity contribution in [1.29, 1.82) is 0 Å². The molecule has 4 nitrogen and oxygen atoms in total. The van der Waals surface area contributed by atoms with E-state index in [0.29, 0.717) is 10.7 Å². The van der Waals surface area contributed by atoms with Gasteiger partial charge >= 0.3 is 11.8 Å². The number of hydrogen-bond donors (Lipinski definition) is 0. The molecule has 0 aliphatic carbocycles. The Morgan fingerprint density at radius 2 is 1.19 bits per heavy atom. The zero-order chi connectivity index (χ0) is 11.1. The van der Waals surface area contributed by atoms with Crippen LogP contribution >= 0.6 is 0 Å². The van der Waals surface area contributed by atoms with Crippen LogP contribution in [0.3, 0.4) is 0 Å². The fourth-order valence-corrected chi connectivity index (χ4v) is 1.71. The number of benzene rings is 2. The molecule has 2 aromatic carbocycles. The van der Waals surface area contributed by atoms with Crippen molar-refractivity contribution < 1.29 is 9.59 Å². The summed E-state index contributed by atoms with van der Waals surface area (Å²) in [6, 6.07) is 11.2. The highest BCUT2D eigenvalue weighted by Crippen LogP contribution is 2.08. The van der Waals surface area contributed by atoms with Gasteiger partial charge in [0.1, 0.15) is 0 Å². The minimum atomic E-state index is -0.803. The van der Waals surface area contributed by atoms with Gasteiger partial charge in [0, 0.05) is 0 Å². The average molecular weight is 210 g/mol. The molecule has 76 valence electrons. The van der Waals surface area contributed by atoms with Gasteiger partial charge in [0.15, 0.2) is 0 Å². The predicted molar refractivity (Wildman–Crippen MR) is 56.3 cm³/mol. The molecule has 2 amide bonds. The second-order valence-electron chi connectivity index (χ2n) is 3.52. The molecule has 16 heavy (non-hydrogen) atoms. The van der Waals surface area contributed by atoms with Crippen LogP contribution in [0.25, 0.3) is 10.8 Å². The number of rotatable bonds is 0. The normalized spacial score (nSPS) is 14.2. The molecule has 0 radical (unpaired) electrons. The standard InChI is InChI=1S/C12H6N2O2/c15-11-12(16)14-10-6-8-4-2-1-3-7(8)5-9(10)13-11/h1-6H. The van der Waals surface area contributed by atoms with E-state index in [1.807, 2.05) is 24.3 Å². The van der Waals surface area contributed by atoms with Crippen molar-refractivity contribution in [1.82, 2.24) is 0 Å². The molecular formula is C12H6N2O2. The Balaban J connectivity index is 2.50. The van der Waals surface area contributed by atoms with Gasteiger partial charge in [-0.1, -0.05) is 24.3 Å². The summed E-state index contributed by atoms with van der Waals surface area (Å²) in [7, 11) is 0. The summed E-state index contributed by atoms with van der Waals surface area (Å²) in [5, 5.41) is 2.87. The summed E-state index contributed by atoms with van der Waals surface area (Å²) >= 11 is 0. The molecule has 0 N–H and O–H groups in total. The van der Waals surface area contributed by atoms with Crippen LogP contribution in [0.5, 0.6) is 0 Å². The van der Waals surface area contributed by atoms with Gasteiger partial charge in [0.05, 0.1) is 10.7 Å². The Morgan fingerprint density at radius 3 is 1.62 bits per heavy atom. The van der Waals surface area contributed by atoms with E-state index in [1.54, 1.807) is 12.1 Å². The molecule has 0 atom stereocenters. The highest BCUT2D eigenvalue weighted by Gasteiger charge is 2.14. The third-order valence-corrected chi connectivity index (χ3v) is 2.47. The molecule has 1 aliphatic rings. The molecule has 0 saturated heterocycles. The minimum absolute atomic E-state index is 0.461. The van der Waals surface area contributed by atoms with Crippen LogP contribution in [0.15, 0.2) is 46.4 Å². The van der Waals surface area contributed by atoms with Crippen molar-refractivity contribution >= 4 is 22.6 Å². The van der Waals surface area contributed by atoms with Crippen LogP contribution < -0.4 is 10.7 Å². The van der Waals surface area contributed by atoms with Gasteiger partial charge < -0.3 is 0 Å². The molecule has 0 unspecified atom stereocenters. The predicted octanol–water partition coefficient (Wildman–Crippen LogP) is 0.146. The maximum absolute atomic E-state index is 11.1. The van der Waals surface area contributed by atoms with E-state index in [1.165, 1.54) is 0 Å². The number of carbonyl (C=O) groups is 2. The lowest BCUT2D eigenvalue weighted by molar-refractivity contribution is -0.135. The highest BCUT2D eigenvalue weighted by molar-refractivity contribution is 6.36. The first kappa shape index (κ1) is 8.91. The van der Waals surface area contributed by atoms with E-state index in [9.17, 15) is 9.59 Å². The van der Waals surface area contributed by atoms with Crippen LogP contribution in [0.1, 0.15) is 0 Å². The Bertz CT molecular complexity index is 683. The van der Waals surface area contributed by atoms with Gasteiger partial charge in [-0.25, -0.2) is 9.98 Å². The monoisotopic (exact) mass is 210 g/mol. The van der Waals surface area contributed by atoms with Crippen LogP contribution in [-0.4, -0.2) is 11.8 Å². The average Bonchev–Trinajstić information content (AvgIpc) is 2.28. The minimum Gasteiger partial charge on any atom is -0.261 e. The molecule has 4 heteroatoms. The van der Waals surface area contributed by atoms with Crippen LogP contribution in [-0.2, 0) is 9.59 Å². The summed E-state index contributed by atoms with van der Waals surface area (Å²) in [5.41, 5.74) is 0. The summed E-state index contributed by atoms with van der Waals surface area (Å²) in [6.45, 7) is 0. The summed E-state index contributed by atoms with van der Waals surface area (Å²) < 4.78 is 0. The van der Waals surface area contributed by atoms with Crippen molar-refractivity contribution in [3.05, 3.63) is 47.1 Å². The molecule has 0 fully saturated rings. The molecule has 0 saturated carbocycles. The van der Waals surface area contributed by atoms with E-state index < -0.39 is 11.8 Å². The second-order valence-corrected chi connectivity index (χ2v) is 3.52. The van der Waals surface area contributed by atoms with Crippen molar-refractivity contribution in [2.24, 2.45) is 9.98 Å². The van der Waals surface area contributed by atoms with Crippen LogP contribution in [0.4, 0.5) is 0 Å². The van der Waals surface area contributed by atoms with Crippen LogP contribution in [0.2, 0.25) is 0 Å². The molecule has 0 spiro atoms. The van der Waals surface area contributed by atoms with E-state index >= 15 is 0 Å². The number of amides is 2. The van der Waals surface area contributed by atoms with E-state index in [4.69, 9.17) is 0 Å². The third-order valence-electron chi connectivity index (χ3n) is 2.47. The lowest BCUT2D eigenvalue weighted by Crippen LogP contribution is -2.34. The van der Waals surface area contributed by atoms with E-state index in [-0.39, 0.29) is 0 Å². The van der Waals surface area contributed by atoms with Crippen molar-refractivity contribution in [3.8, 4) is 0 Å². The van der Waals surface area contributed by atoms with Crippen molar-refractivity contribution in [2.75, 3.05) is 0 Å². The molecule has 1 aliphatic heterocycles. The van der Waals surface area contributed by atoms with E-state index in [2.05, 4.69) is 9.98 Å². The lowest BCUT2D eigenvalue weighted by atomic mass is 10.1. The molecule has 1 heterocycles. The largest absolute Gasteiger partial charge is 0.338 e. The van der Waals surface area contributed by atoms with Gasteiger partial charge in [-0.3, -0.25) is 9.59 Å². The lowest BCUT2D eigenvalue weighted by Gasteiger charge is -2.00. The van der Waals surface area contributed by atoms with Crippen molar-refractivity contribution in [3.63, 3.8) is 0 Å². The summed E-state index contributed by atoms with van der Waals surface area (Å²) in [4.78, 5) is 29.6. The molecular weight excluding hydrogens is 204 g/mol. The number of nitrogens with zero attached hydrogens (tertiary/aromatic N) is 2. The fourth-order valence-electron chi connectivity index (χ4n) is 1.71. The Labute approximate surface area is 90.0 Å². The topological polar surface area (TPSA) is 58.9 Å². The smallest absolute Gasteiger partial charge is 0.261 e. The Morgan fingerprint density at radius 1 is 0.750 bits per heavy atom. The fraction of sp³-hybridized carbons (Fsp3) is 0. The summed E-state index contributed by atoms with van der Waals surface area (Å²) in [6.07, 6.45) is 0. The molecule has 3 rings (SSSR count). The second kappa shape index (κ2) is 3.06. The maximum atomic E-state index is 11.1. The van der Waals surface area contributed by atoms with Gasteiger partial charge in [0.25, 0.3) is 0 Å². The zero-order valence-electron chi connectivity index (χ0n) is 8.18. The Hall–Kier alpha value is -2.36. The first-order valence-electron chi connectivity index (χ1n) is 4.78. The van der Waals surface area contributed by atoms with Crippen LogP contribution in [0, 0.1) is 0 Å². The van der Waals surface area contributed by atoms with Gasteiger partial charge in [0.2, 0.25) is 0 Å². The summed E-state index contributed by atoms with van der Waals surface area (Å²) in [5.74, 6) is -1.61. The number of fused-ring (bicyclic) bond motifs is 2. The first-order chi connectivity index (χ1) is 7.74. The quantitative estimate of drug-likeness (QED) is 0.581. The third kappa shape index (κ3) is 1.24. The maximum Gasteiger partial charge on any atom is 0.338 e. The number of carbonyl (C=O) groups excluding carboxylic acids is 2. The first-order valence-corrected chi connectivity index (χ1v) is 4.78. The zero-order valence-corrected chi connectivity index (χ0v) is 8.18. The molecule has 0 bridgehead atoms.